The Hall–Kier alpha value is -3.59. The first-order chi connectivity index (χ1) is 15.0. The number of methoxy groups -OCH3 is 1. The van der Waals surface area contributed by atoms with Crippen LogP contribution < -0.4 is 10.6 Å². The number of carbonyl (C=O) groups is 3. The largest absolute Gasteiger partial charge is 0.467 e. The lowest BCUT2D eigenvalue weighted by atomic mass is 10.1. The van der Waals surface area contributed by atoms with Gasteiger partial charge in [0.05, 0.1) is 13.7 Å². The van der Waals surface area contributed by atoms with Crippen molar-refractivity contribution in [2.45, 2.75) is 38.6 Å². The van der Waals surface area contributed by atoms with Crippen LogP contribution in [0.25, 0.3) is 0 Å². The van der Waals surface area contributed by atoms with Crippen molar-refractivity contribution in [3.05, 3.63) is 71.3 Å². The van der Waals surface area contributed by atoms with Crippen LogP contribution in [-0.4, -0.2) is 37.5 Å². The first kappa shape index (κ1) is 23.7. The van der Waals surface area contributed by atoms with Crippen molar-refractivity contribution in [1.82, 2.24) is 10.6 Å². The number of amides is 2. The molecule has 0 bridgehead atoms. The van der Waals surface area contributed by atoms with E-state index in [9.17, 15) is 14.4 Å². The zero-order valence-corrected chi connectivity index (χ0v) is 17.9. The molecule has 2 N–H and O–H groups in total. The molecule has 0 aromatic heterocycles. The number of carbonyl (C=O) groups excluding carboxylic acids is 3. The molecule has 2 aromatic carbocycles. The van der Waals surface area contributed by atoms with Crippen molar-refractivity contribution >= 4 is 17.8 Å². The summed E-state index contributed by atoms with van der Waals surface area (Å²) in [7, 11) is 1.27. The summed E-state index contributed by atoms with van der Waals surface area (Å²) >= 11 is 0. The molecule has 6 heteroatoms. The van der Waals surface area contributed by atoms with Crippen molar-refractivity contribution in [1.29, 1.82) is 0 Å². The van der Waals surface area contributed by atoms with Gasteiger partial charge < -0.3 is 15.4 Å². The molecule has 2 aromatic rings. The van der Waals surface area contributed by atoms with Crippen LogP contribution in [0.5, 0.6) is 0 Å². The van der Waals surface area contributed by atoms with Crippen molar-refractivity contribution in [2.24, 2.45) is 0 Å². The number of aryl methyl sites for hydroxylation is 1. The Morgan fingerprint density at radius 2 is 1.71 bits per heavy atom. The van der Waals surface area contributed by atoms with Crippen LogP contribution in [0.1, 0.15) is 47.7 Å². The topological polar surface area (TPSA) is 84.5 Å². The molecule has 1 atom stereocenters. The van der Waals surface area contributed by atoms with Crippen molar-refractivity contribution in [2.75, 3.05) is 13.7 Å². The van der Waals surface area contributed by atoms with Gasteiger partial charge in [0.1, 0.15) is 6.04 Å². The maximum atomic E-state index is 12.1. The maximum absolute atomic E-state index is 12.1. The Morgan fingerprint density at radius 3 is 2.39 bits per heavy atom. The second-order valence-corrected chi connectivity index (χ2v) is 7.07. The molecular formula is C25H28N2O4. The summed E-state index contributed by atoms with van der Waals surface area (Å²) in [6.07, 6.45) is 3.28. The molecule has 0 spiro atoms. The second-order valence-electron chi connectivity index (χ2n) is 7.07. The molecule has 0 aliphatic rings. The number of nitrogens with one attached hydrogen (secondary N) is 2. The van der Waals surface area contributed by atoms with Gasteiger partial charge in [-0.1, -0.05) is 42.2 Å². The van der Waals surface area contributed by atoms with Crippen molar-refractivity contribution < 1.29 is 19.1 Å². The van der Waals surface area contributed by atoms with E-state index in [0.29, 0.717) is 12.0 Å². The van der Waals surface area contributed by atoms with Gasteiger partial charge in [-0.25, -0.2) is 4.79 Å². The summed E-state index contributed by atoms with van der Waals surface area (Å²) < 4.78 is 4.58. The fraction of sp³-hybridized carbons (Fsp3) is 0.320. The van der Waals surface area contributed by atoms with Crippen LogP contribution in [0, 0.1) is 11.8 Å². The van der Waals surface area contributed by atoms with Gasteiger partial charge in [0, 0.05) is 17.5 Å². The van der Waals surface area contributed by atoms with E-state index in [4.69, 9.17) is 0 Å². The van der Waals surface area contributed by atoms with Gasteiger partial charge in [-0.05, 0) is 56.0 Å². The van der Waals surface area contributed by atoms with Gasteiger partial charge in [-0.15, -0.1) is 0 Å². The number of benzene rings is 2. The summed E-state index contributed by atoms with van der Waals surface area (Å²) in [5.41, 5.74) is 2.44. The highest BCUT2D eigenvalue weighted by Gasteiger charge is 2.16. The third kappa shape index (κ3) is 8.75. The summed E-state index contributed by atoms with van der Waals surface area (Å²) in [5, 5.41) is 5.36. The molecule has 0 radical (unpaired) electrons. The molecule has 31 heavy (non-hydrogen) atoms. The molecule has 0 saturated carbocycles. The quantitative estimate of drug-likeness (QED) is 0.371. The van der Waals surface area contributed by atoms with Crippen molar-refractivity contribution in [3.63, 3.8) is 0 Å². The Morgan fingerprint density at radius 1 is 1.00 bits per heavy atom. The van der Waals surface area contributed by atoms with Crippen LogP contribution in [0.15, 0.2) is 54.6 Å². The van der Waals surface area contributed by atoms with E-state index in [1.165, 1.54) is 12.7 Å². The third-order valence-electron chi connectivity index (χ3n) is 4.62. The predicted octanol–water partition coefficient (Wildman–Crippen LogP) is 2.86. The Labute approximate surface area is 183 Å². The molecule has 6 nitrogen and oxygen atoms in total. The fourth-order valence-electron chi connectivity index (χ4n) is 2.86. The first-order valence-electron chi connectivity index (χ1n) is 10.3. The molecule has 1 unspecified atom stereocenters. The zero-order valence-electron chi connectivity index (χ0n) is 17.9. The molecule has 0 saturated heterocycles. The monoisotopic (exact) mass is 420 g/mol. The highest BCUT2D eigenvalue weighted by atomic mass is 16.5. The second kappa shape index (κ2) is 12.9. The predicted molar refractivity (Wildman–Crippen MR) is 119 cm³/mol. The van der Waals surface area contributed by atoms with E-state index in [1.807, 2.05) is 18.2 Å². The Kier molecular flexibility index (Phi) is 9.83. The Balaban J connectivity index is 1.68. The summed E-state index contributed by atoms with van der Waals surface area (Å²) in [6, 6.07) is 16.2. The molecular weight excluding hydrogens is 392 g/mol. The lowest BCUT2D eigenvalue weighted by Gasteiger charge is -2.11. The summed E-state index contributed by atoms with van der Waals surface area (Å²) in [6.45, 7) is 1.83. The van der Waals surface area contributed by atoms with Crippen LogP contribution in [0.4, 0.5) is 0 Å². The number of esters is 1. The third-order valence-corrected chi connectivity index (χ3v) is 4.62. The number of rotatable bonds is 9. The number of hydrogen-bond acceptors (Lipinski definition) is 4. The minimum Gasteiger partial charge on any atom is -0.467 e. The Bertz CT molecular complexity index is 927. The number of unbranched alkanes of at least 4 members (excludes halogenated alkanes) is 1. The van der Waals surface area contributed by atoms with Gasteiger partial charge in [0.25, 0.3) is 5.91 Å². The standard InChI is InChI=1S/C25H28N2O4/c1-19(25(30)31-2)27-24(29)22-16-14-21(15-17-22)12-8-18-26-23(28)13-7-6-11-20-9-4-3-5-10-20/h3-5,9-10,14-17,19H,6-7,11,13,18H2,1-2H3,(H,26,28)(H,27,29). The smallest absolute Gasteiger partial charge is 0.328 e. The van der Waals surface area contributed by atoms with E-state index in [0.717, 1.165) is 24.8 Å². The highest BCUT2D eigenvalue weighted by Crippen LogP contribution is 2.06. The van der Waals surface area contributed by atoms with Gasteiger partial charge >= 0.3 is 5.97 Å². The van der Waals surface area contributed by atoms with E-state index in [1.54, 1.807) is 31.2 Å². The van der Waals surface area contributed by atoms with E-state index >= 15 is 0 Å². The van der Waals surface area contributed by atoms with Gasteiger partial charge in [0.2, 0.25) is 5.91 Å². The van der Waals surface area contributed by atoms with Crippen molar-refractivity contribution in [3.8, 4) is 11.8 Å². The fourth-order valence-corrected chi connectivity index (χ4v) is 2.86. The zero-order chi connectivity index (χ0) is 22.5. The van der Waals surface area contributed by atoms with Gasteiger partial charge in [-0.3, -0.25) is 9.59 Å². The van der Waals surface area contributed by atoms with E-state index in [-0.39, 0.29) is 18.4 Å². The summed E-state index contributed by atoms with van der Waals surface area (Å²) in [5.74, 6) is 4.99. The van der Waals surface area contributed by atoms with Crippen LogP contribution in [-0.2, 0) is 20.7 Å². The van der Waals surface area contributed by atoms with Crippen LogP contribution in [0.2, 0.25) is 0 Å². The highest BCUT2D eigenvalue weighted by molar-refractivity contribution is 5.96. The summed E-state index contributed by atoms with van der Waals surface area (Å²) in [4.78, 5) is 35.4. The molecule has 0 heterocycles. The molecule has 2 amide bonds. The van der Waals surface area contributed by atoms with Crippen LogP contribution in [0.3, 0.4) is 0 Å². The van der Waals surface area contributed by atoms with E-state index in [2.05, 4.69) is 39.3 Å². The van der Waals surface area contributed by atoms with E-state index < -0.39 is 12.0 Å². The molecule has 162 valence electrons. The minimum absolute atomic E-state index is 0.00546. The average Bonchev–Trinajstić information content (AvgIpc) is 2.80. The van der Waals surface area contributed by atoms with Crippen LogP contribution >= 0.6 is 0 Å². The maximum Gasteiger partial charge on any atom is 0.328 e. The van der Waals surface area contributed by atoms with Gasteiger partial charge in [0.15, 0.2) is 0 Å². The average molecular weight is 421 g/mol. The SMILES string of the molecule is COC(=O)C(C)NC(=O)c1ccc(C#CCNC(=O)CCCCc2ccccc2)cc1. The number of hydrogen-bond donors (Lipinski definition) is 2. The molecule has 0 fully saturated rings. The molecule has 0 aliphatic carbocycles. The molecule has 2 rings (SSSR count). The van der Waals surface area contributed by atoms with Gasteiger partial charge in [-0.2, -0.15) is 0 Å². The lowest BCUT2D eigenvalue weighted by molar-refractivity contribution is -0.142. The molecule has 0 aliphatic heterocycles. The number of ether oxygens (including phenoxy) is 1. The first-order valence-corrected chi connectivity index (χ1v) is 10.3. The minimum atomic E-state index is -0.723. The lowest BCUT2D eigenvalue weighted by Crippen LogP contribution is -2.39. The normalized spacial score (nSPS) is 10.9.